The van der Waals surface area contributed by atoms with E-state index in [1.165, 1.54) is 22.4 Å². The molecule has 1 unspecified atom stereocenters. The molecule has 2 aliphatic rings. The number of ether oxygens (including phenoxy) is 1. The minimum Gasteiger partial charge on any atom is -0.497 e. The molecule has 0 amide bonds. The highest BCUT2D eigenvalue weighted by Gasteiger charge is 2.48. The standard InChI is InChI=1S/C29H29N3O3/c1-35-24-9-5-8-21(14-24)29-12-13-31(18-20-6-3-2-4-7-20)19-22(29)15-25-26-16-23(32(33)34)10-11-27(26)30-28(25)17-29/h2-11,14,16,22,30H,12-13,15,17-19H2,1H3/t22?,29-/m0/s1. The van der Waals surface area contributed by atoms with E-state index in [0.29, 0.717) is 5.92 Å². The number of nitro groups is 1. The molecule has 3 aromatic carbocycles. The van der Waals surface area contributed by atoms with Crippen molar-refractivity contribution in [3.05, 3.63) is 105 Å². The van der Waals surface area contributed by atoms with Gasteiger partial charge in [0.05, 0.1) is 12.0 Å². The third kappa shape index (κ3) is 3.78. The number of aromatic nitrogens is 1. The second kappa shape index (κ2) is 8.54. The summed E-state index contributed by atoms with van der Waals surface area (Å²) in [7, 11) is 1.72. The average molecular weight is 468 g/mol. The zero-order valence-electron chi connectivity index (χ0n) is 19.9. The topological polar surface area (TPSA) is 71.4 Å². The molecule has 4 aromatic rings. The largest absolute Gasteiger partial charge is 0.497 e. The summed E-state index contributed by atoms with van der Waals surface area (Å²) in [5, 5.41) is 12.4. The van der Waals surface area contributed by atoms with Gasteiger partial charge in [0.25, 0.3) is 5.69 Å². The highest BCUT2D eigenvalue weighted by atomic mass is 16.6. The van der Waals surface area contributed by atoms with Gasteiger partial charge in [-0.1, -0.05) is 42.5 Å². The number of benzene rings is 3. The van der Waals surface area contributed by atoms with Gasteiger partial charge in [-0.15, -0.1) is 0 Å². The SMILES string of the molecule is COc1cccc([C@@]23CCN(Cc4ccccc4)CC2Cc2c([nH]c4ccc([N+](=O)[O-])cc24)C3)c1. The van der Waals surface area contributed by atoms with Crippen molar-refractivity contribution in [3.8, 4) is 5.75 Å². The fraction of sp³-hybridized carbons (Fsp3) is 0.310. The van der Waals surface area contributed by atoms with Crippen LogP contribution in [0.5, 0.6) is 5.75 Å². The first-order chi connectivity index (χ1) is 17.1. The molecule has 1 aromatic heterocycles. The van der Waals surface area contributed by atoms with E-state index in [1.807, 2.05) is 12.1 Å². The number of fused-ring (bicyclic) bond motifs is 4. The molecule has 0 saturated carbocycles. The second-order valence-electron chi connectivity index (χ2n) is 10.0. The number of nitro benzene ring substituents is 1. The number of nitrogens with one attached hydrogen (secondary N) is 1. The first-order valence-electron chi connectivity index (χ1n) is 12.2. The van der Waals surface area contributed by atoms with Gasteiger partial charge in [-0.2, -0.15) is 0 Å². The van der Waals surface area contributed by atoms with E-state index in [-0.39, 0.29) is 16.0 Å². The third-order valence-electron chi connectivity index (χ3n) is 8.16. The lowest BCUT2D eigenvalue weighted by Crippen LogP contribution is -2.53. The van der Waals surface area contributed by atoms with Crippen LogP contribution in [-0.4, -0.2) is 35.0 Å². The van der Waals surface area contributed by atoms with E-state index in [4.69, 9.17) is 4.74 Å². The smallest absolute Gasteiger partial charge is 0.270 e. The lowest BCUT2D eigenvalue weighted by atomic mass is 9.58. The predicted molar refractivity (Wildman–Crippen MR) is 137 cm³/mol. The number of H-pyrrole nitrogens is 1. The Morgan fingerprint density at radius 3 is 2.77 bits per heavy atom. The van der Waals surface area contributed by atoms with Crippen LogP contribution in [0.15, 0.2) is 72.8 Å². The van der Waals surface area contributed by atoms with Crippen molar-refractivity contribution >= 4 is 16.6 Å². The van der Waals surface area contributed by atoms with E-state index < -0.39 is 0 Å². The summed E-state index contributed by atoms with van der Waals surface area (Å²) >= 11 is 0. The normalized spacial score (nSPS) is 21.9. The monoisotopic (exact) mass is 467 g/mol. The van der Waals surface area contributed by atoms with E-state index in [0.717, 1.165) is 55.5 Å². The van der Waals surface area contributed by atoms with Crippen molar-refractivity contribution in [1.82, 2.24) is 9.88 Å². The minimum atomic E-state index is -0.301. The molecular formula is C29H29N3O3. The van der Waals surface area contributed by atoms with E-state index >= 15 is 0 Å². The van der Waals surface area contributed by atoms with Crippen LogP contribution in [0.3, 0.4) is 0 Å². The van der Waals surface area contributed by atoms with Crippen molar-refractivity contribution in [2.75, 3.05) is 20.2 Å². The fourth-order valence-corrected chi connectivity index (χ4v) is 6.38. The predicted octanol–water partition coefficient (Wildman–Crippen LogP) is 5.64. The molecule has 1 N–H and O–H groups in total. The second-order valence-corrected chi connectivity index (χ2v) is 10.0. The summed E-state index contributed by atoms with van der Waals surface area (Å²) in [6.45, 7) is 2.97. The Hall–Kier alpha value is -3.64. The zero-order valence-corrected chi connectivity index (χ0v) is 19.9. The molecule has 1 aliphatic heterocycles. The molecule has 35 heavy (non-hydrogen) atoms. The summed E-state index contributed by atoms with van der Waals surface area (Å²) in [5.74, 6) is 1.29. The number of nitrogens with zero attached hydrogens (tertiary/aromatic N) is 2. The summed E-state index contributed by atoms with van der Waals surface area (Å²) < 4.78 is 5.59. The van der Waals surface area contributed by atoms with E-state index in [2.05, 4.69) is 58.4 Å². The molecule has 6 nitrogen and oxygen atoms in total. The fourth-order valence-electron chi connectivity index (χ4n) is 6.38. The molecule has 1 fully saturated rings. The molecule has 1 saturated heterocycles. The van der Waals surface area contributed by atoms with Crippen molar-refractivity contribution in [2.45, 2.75) is 31.2 Å². The number of likely N-dealkylation sites (tertiary alicyclic amines) is 1. The summed E-state index contributed by atoms with van der Waals surface area (Å²) in [5.41, 5.74) is 6.27. The van der Waals surface area contributed by atoms with Gasteiger partial charge in [-0.3, -0.25) is 15.0 Å². The molecular weight excluding hydrogens is 438 g/mol. The van der Waals surface area contributed by atoms with Crippen LogP contribution in [0.25, 0.3) is 10.9 Å². The van der Waals surface area contributed by atoms with Crippen LogP contribution in [0.2, 0.25) is 0 Å². The van der Waals surface area contributed by atoms with Crippen LogP contribution >= 0.6 is 0 Å². The quantitative estimate of drug-likeness (QED) is 0.304. The van der Waals surface area contributed by atoms with Gasteiger partial charge >= 0.3 is 0 Å². The highest BCUT2D eigenvalue weighted by Crippen LogP contribution is 2.50. The first kappa shape index (κ1) is 21.9. The van der Waals surface area contributed by atoms with Crippen molar-refractivity contribution in [3.63, 3.8) is 0 Å². The molecule has 6 rings (SSSR count). The zero-order chi connectivity index (χ0) is 24.0. The Morgan fingerprint density at radius 1 is 1.11 bits per heavy atom. The molecule has 0 radical (unpaired) electrons. The summed E-state index contributed by atoms with van der Waals surface area (Å²) in [4.78, 5) is 17.3. The Labute approximate surface area is 204 Å². The van der Waals surface area contributed by atoms with Crippen LogP contribution in [0.4, 0.5) is 5.69 Å². The highest BCUT2D eigenvalue weighted by molar-refractivity contribution is 5.87. The first-order valence-corrected chi connectivity index (χ1v) is 12.2. The molecule has 0 bridgehead atoms. The summed E-state index contributed by atoms with van der Waals surface area (Å²) in [6, 6.07) is 24.4. The Kier molecular flexibility index (Phi) is 5.33. The Morgan fingerprint density at radius 2 is 1.97 bits per heavy atom. The maximum atomic E-state index is 11.5. The van der Waals surface area contributed by atoms with Crippen LogP contribution < -0.4 is 4.74 Å². The molecule has 0 spiro atoms. The number of non-ortho nitro benzene ring substituents is 1. The Balaban J connectivity index is 1.42. The molecule has 1 aliphatic carbocycles. The van der Waals surface area contributed by atoms with Crippen LogP contribution in [0.1, 0.15) is 28.8 Å². The lowest BCUT2D eigenvalue weighted by molar-refractivity contribution is -0.384. The number of rotatable bonds is 5. The van der Waals surface area contributed by atoms with Gasteiger partial charge in [0.15, 0.2) is 0 Å². The number of piperidine rings is 1. The van der Waals surface area contributed by atoms with Gasteiger partial charge in [0, 0.05) is 47.2 Å². The van der Waals surface area contributed by atoms with Gasteiger partial charge in [-0.05, 0) is 66.6 Å². The Bertz CT molecular complexity index is 1400. The average Bonchev–Trinajstić information content (AvgIpc) is 3.24. The number of hydrogen-bond donors (Lipinski definition) is 1. The summed E-state index contributed by atoms with van der Waals surface area (Å²) in [6.07, 6.45) is 2.87. The van der Waals surface area contributed by atoms with Crippen LogP contribution in [-0.2, 0) is 24.8 Å². The minimum absolute atomic E-state index is 0.00153. The maximum absolute atomic E-state index is 11.5. The third-order valence-corrected chi connectivity index (χ3v) is 8.16. The molecule has 178 valence electrons. The molecule has 6 heteroatoms. The van der Waals surface area contributed by atoms with Crippen molar-refractivity contribution < 1.29 is 9.66 Å². The lowest BCUT2D eigenvalue weighted by Gasteiger charge is -2.51. The van der Waals surface area contributed by atoms with Gasteiger partial charge in [0.1, 0.15) is 5.75 Å². The number of hydrogen-bond acceptors (Lipinski definition) is 4. The van der Waals surface area contributed by atoms with Gasteiger partial charge in [-0.25, -0.2) is 0 Å². The van der Waals surface area contributed by atoms with Crippen molar-refractivity contribution in [1.29, 1.82) is 0 Å². The van der Waals surface area contributed by atoms with Gasteiger partial charge in [0.2, 0.25) is 0 Å². The van der Waals surface area contributed by atoms with Crippen molar-refractivity contribution in [2.24, 2.45) is 5.92 Å². The van der Waals surface area contributed by atoms with Crippen LogP contribution in [0, 0.1) is 16.0 Å². The number of methoxy groups -OCH3 is 1. The van der Waals surface area contributed by atoms with E-state index in [1.54, 1.807) is 19.2 Å². The molecule has 2 heterocycles. The maximum Gasteiger partial charge on any atom is 0.270 e. The van der Waals surface area contributed by atoms with E-state index in [9.17, 15) is 10.1 Å². The molecule has 2 atom stereocenters. The number of aromatic amines is 1. The van der Waals surface area contributed by atoms with Gasteiger partial charge < -0.3 is 9.72 Å².